The molecule has 0 aliphatic heterocycles. The standard InChI is InChI=1S/C17H18N4O3S/c1-10(2)13-4-3-5-14-15(13)16(17(22)19-14)21-20-11-6-8-12(9-7-11)25(18,23)24/h3-10,19,22H,1-2H3,(H2,18,23,24). The van der Waals surface area contributed by atoms with Gasteiger partial charge in [-0.15, -0.1) is 5.11 Å². The Hall–Kier alpha value is -2.71. The van der Waals surface area contributed by atoms with Crippen molar-refractivity contribution in [1.29, 1.82) is 0 Å². The number of primary sulfonamides is 1. The molecule has 3 rings (SSSR count). The number of aromatic amines is 1. The number of H-pyrrole nitrogens is 1. The Balaban J connectivity index is 2.03. The monoisotopic (exact) mass is 358 g/mol. The van der Waals surface area contributed by atoms with Crippen LogP contribution in [-0.2, 0) is 10.0 Å². The van der Waals surface area contributed by atoms with Gasteiger partial charge in [0.1, 0.15) is 0 Å². The van der Waals surface area contributed by atoms with Crippen LogP contribution in [0.4, 0.5) is 11.4 Å². The molecule has 0 spiro atoms. The van der Waals surface area contributed by atoms with Gasteiger partial charge in [-0.25, -0.2) is 13.6 Å². The minimum atomic E-state index is -3.75. The molecule has 1 aromatic heterocycles. The molecule has 0 amide bonds. The van der Waals surface area contributed by atoms with Gasteiger partial charge < -0.3 is 10.1 Å². The van der Waals surface area contributed by atoms with E-state index in [0.717, 1.165) is 16.5 Å². The van der Waals surface area contributed by atoms with Crippen LogP contribution in [0.25, 0.3) is 10.9 Å². The first-order chi connectivity index (χ1) is 11.8. The molecule has 0 aliphatic rings. The summed E-state index contributed by atoms with van der Waals surface area (Å²) < 4.78 is 22.5. The quantitative estimate of drug-likeness (QED) is 0.610. The molecule has 4 N–H and O–H groups in total. The average molecular weight is 358 g/mol. The van der Waals surface area contributed by atoms with Crippen LogP contribution in [0.2, 0.25) is 0 Å². The van der Waals surface area contributed by atoms with Crippen LogP contribution in [0.1, 0.15) is 25.3 Å². The highest BCUT2D eigenvalue weighted by Crippen LogP contribution is 2.40. The van der Waals surface area contributed by atoms with Crippen molar-refractivity contribution in [3.8, 4) is 5.88 Å². The number of hydrogen-bond acceptors (Lipinski definition) is 5. The summed E-state index contributed by atoms with van der Waals surface area (Å²) >= 11 is 0. The zero-order valence-electron chi connectivity index (χ0n) is 13.8. The lowest BCUT2D eigenvalue weighted by Gasteiger charge is -2.07. The molecule has 2 aromatic carbocycles. The second-order valence-corrected chi connectivity index (χ2v) is 7.55. The molecule has 0 atom stereocenters. The van der Waals surface area contributed by atoms with E-state index in [1.54, 1.807) is 0 Å². The van der Waals surface area contributed by atoms with Crippen LogP contribution < -0.4 is 5.14 Å². The Kier molecular flexibility index (Phi) is 4.32. The Morgan fingerprint density at radius 2 is 1.76 bits per heavy atom. The first kappa shape index (κ1) is 17.1. The van der Waals surface area contributed by atoms with Crippen molar-refractivity contribution in [2.45, 2.75) is 24.7 Å². The van der Waals surface area contributed by atoms with Gasteiger partial charge in [0.15, 0.2) is 5.69 Å². The van der Waals surface area contributed by atoms with E-state index in [1.165, 1.54) is 24.3 Å². The van der Waals surface area contributed by atoms with Crippen LogP contribution in [0.15, 0.2) is 57.6 Å². The molecule has 25 heavy (non-hydrogen) atoms. The van der Waals surface area contributed by atoms with Crippen molar-refractivity contribution in [2.75, 3.05) is 0 Å². The summed E-state index contributed by atoms with van der Waals surface area (Å²) in [5.41, 5.74) is 2.63. The summed E-state index contributed by atoms with van der Waals surface area (Å²) in [5, 5.41) is 24.3. The zero-order chi connectivity index (χ0) is 18.2. The lowest BCUT2D eigenvalue weighted by atomic mass is 9.99. The summed E-state index contributed by atoms with van der Waals surface area (Å²) in [4.78, 5) is 2.90. The molecule has 0 saturated heterocycles. The molecule has 0 fully saturated rings. The fraction of sp³-hybridized carbons (Fsp3) is 0.176. The van der Waals surface area contributed by atoms with E-state index in [4.69, 9.17) is 5.14 Å². The zero-order valence-corrected chi connectivity index (χ0v) is 14.6. The molecule has 0 aliphatic carbocycles. The fourth-order valence-corrected chi connectivity index (χ4v) is 3.15. The molecular formula is C17H18N4O3S. The first-order valence-electron chi connectivity index (χ1n) is 7.65. The molecule has 0 bridgehead atoms. The number of nitrogens with two attached hydrogens (primary N) is 1. The number of aromatic nitrogens is 1. The van der Waals surface area contributed by atoms with Gasteiger partial charge in [-0.1, -0.05) is 26.0 Å². The Labute approximate surface area is 145 Å². The van der Waals surface area contributed by atoms with Crippen molar-refractivity contribution >= 4 is 32.3 Å². The van der Waals surface area contributed by atoms with Crippen molar-refractivity contribution in [3.63, 3.8) is 0 Å². The van der Waals surface area contributed by atoms with Crippen LogP contribution >= 0.6 is 0 Å². The predicted molar refractivity (Wildman–Crippen MR) is 96.0 cm³/mol. The SMILES string of the molecule is CC(C)c1cccc2[nH]c(O)c(N=Nc3ccc(S(N)(=O)=O)cc3)c12. The number of nitrogens with one attached hydrogen (secondary N) is 1. The van der Waals surface area contributed by atoms with Gasteiger partial charge in [-0.3, -0.25) is 0 Å². The smallest absolute Gasteiger partial charge is 0.238 e. The maximum Gasteiger partial charge on any atom is 0.238 e. The highest BCUT2D eigenvalue weighted by Gasteiger charge is 2.16. The number of sulfonamides is 1. The first-order valence-corrected chi connectivity index (χ1v) is 9.20. The van der Waals surface area contributed by atoms with Crippen molar-refractivity contribution in [3.05, 3.63) is 48.0 Å². The Bertz CT molecular complexity index is 1050. The van der Waals surface area contributed by atoms with Gasteiger partial charge in [0.2, 0.25) is 15.9 Å². The number of benzene rings is 2. The lowest BCUT2D eigenvalue weighted by molar-refractivity contribution is 0.459. The third-order valence-corrected chi connectivity index (χ3v) is 4.79. The normalized spacial score (nSPS) is 12.5. The summed E-state index contributed by atoms with van der Waals surface area (Å²) in [7, 11) is -3.75. The summed E-state index contributed by atoms with van der Waals surface area (Å²) in [6, 6.07) is 11.5. The second-order valence-electron chi connectivity index (χ2n) is 5.99. The maximum absolute atomic E-state index is 11.3. The molecule has 0 saturated carbocycles. The van der Waals surface area contributed by atoms with E-state index in [-0.39, 0.29) is 16.7 Å². The van der Waals surface area contributed by atoms with Crippen molar-refractivity contribution in [1.82, 2.24) is 4.98 Å². The minimum absolute atomic E-state index is 0.00323. The van der Waals surface area contributed by atoms with E-state index in [9.17, 15) is 13.5 Å². The third-order valence-electron chi connectivity index (χ3n) is 3.86. The van der Waals surface area contributed by atoms with Gasteiger partial charge in [0.25, 0.3) is 0 Å². The molecule has 8 heteroatoms. The Morgan fingerprint density at radius 1 is 1.08 bits per heavy atom. The molecule has 7 nitrogen and oxygen atoms in total. The number of nitrogens with zero attached hydrogens (tertiary/aromatic N) is 2. The van der Waals surface area contributed by atoms with Gasteiger partial charge in [0.05, 0.1) is 16.1 Å². The molecule has 130 valence electrons. The van der Waals surface area contributed by atoms with Crippen LogP contribution in [0.5, 0.6) is 5.88 Å². The lowest BCUT2D eigenvalue weighted by Crippen LogP contribution is -2.11. The molecule has 3 aromatic rings. The van der Waals surface area contributed by atoms with Gasteiger partial charge in [0, 0.05) is 5.39 Å². The van der Waals surface area contributed by atoms with Gasteiger partial charge >= 0.3 is 0 Å². The van der Waals surface area contributed by atoms with E-state index >= 15 is 0 Å². The van der Waals surface area contributed by atoms with E-state index < -0.39 is 10.0 Å². The predicted octanol–water partition coefficient (Wildman–Crippen LogP) is 4.06. The highest BCUT2D eigenvalue weighted by atomic mass is 32.2. The van der Waals surface area contributed by atoms with E-state index in [2.05, 4.69) is 29.1 Å². The van der Waals surface area contributed by atoms with Gasteiger partial charge in [-0.05, 0) is 41.8 Å². The summed E-state index contributed by atoms with van der Waals surface area (Å²) in [6.07, 6.45) is 0. The average Bonchev–Trinajstić information content (AvgIpc) is 2.87. The summed E-state index contributed by atoms with van der Waals surface area (Å²) in [6.45, 7) is 4.12. The topological polar surface area (TPSA) is 121 Å². The molecule has 0 unspecified atom stereocenters. The van der Waals surface area contributed by atoms with Crippen LogP contribution in [-0.4, -0.2) is 18.5 Å². The van der Waals surface area contributed by atoms with Crippen molar-refractivity contribution in [2.24, 2.45) is 15.4 Å². The summed E-state index contributed by atoms with van der Waals surface area (Å²) in [5.74, 6) is 0.190. The minimum Gasteiger partial charge on any atom is -0.493 e. The van der Waals surface area contributed by atoms with E-state index in [0.29, 0.717) is 11.4 Å². The van der Waals surface area contributed by atoms with Gasteiger partial charge in [-0.2, -0.15) is 5.11 Å². The number of azo groups is 1. The largest absolute Gasteiger partial charge is 0.493 e. The number of fused-ring (bicyclic) bond motifs is 1. The number of rotatable bonds is 4. The Morgan fingerprint density at radius 3 is 2.36 bits per heavy atom. The number of aromatic hydroxyl groups is 1. The van der Waals surface area contributed by atoms with Crippen molar-refractivity contribution < 1.29 is 13.5 Å². The molecule has 0 radical (unpaired) electrons. The molecule has 1 heterocycles. The van der Waals surface area contributed by atoms with Crippen LogP contribution in [0.3, 0.4) is 0 Å². The highest BCUT2D eigenvalue weighted by molar-refractivity contribution is 7.89. The third kappa shape index (κ3) is 3.40. The number of hydrogen-bond donors (Lipinski definition) is 3. The van der Waals surface area contributed by atoms with E-state index in [1.807, 2.05) is 18.2 Å². The second kappa shape index (κ2) is 6.30. The maximum atomic E-state index is 11.3. The fourth-order valence-electron chi connectivity index (χ4n) is 2.63. The molecular weight excluding hydrogens is 340 g/mol. The van der Waals surface area contributed by atoms with Crippen LogP contribution in [0, 0.1) is 0 Å².